The second-order valence-corrected chi connectivity index (χ2v) is 5.26. The normalized spacial score (nSPS) is 27.5. The lowest BCUT2D eigenvalue weighted by molar-refractivity contribution is -0.162. The Morgan fingerprint density at radius 3 is 2.84 bits per heavy atom. The lowest BCUT2D eigenvalue weighted by Crippen LogP contribution is -2.46. The summed E-state index contributed by atoms with van der Waals surface area (Å²) in [7, 11) is 0. The molecule has 106 valence electrons. The van der Waals surface area contributed by atoms with Crippen LogP contribution in [0, 0.1) is 23.2 Å². The van der Waals surface area contributed by atoms with Crippen molar-refractivity contribution < 1.29 is 19.0 Å². The van der Waals surface area contributed by atoms with Crippen molar-refractivity contribution in [1.29, 1.82) is 5.26 Å². The number of carbonyl (C=O) groups excluding carboxylic acids is 1. The predicted molar refractivity (Wildman–Crippen MR) is 67.2 cm³/mol. The van der Waals surface area contributed by atoms with E-state index in [1.807, 2.05) is 0 Å². The molecule has 0 bridgehead atoms. The van der Waals surface area contributed by atoms with Crippen molar-refractivity contribution in [1.82, 2.24) is 0 Å². The van der Waals surface area contributed by atoms with Crippen molar-refractivity contribution in [2.24, 2.45) is 11.8 Å². The van der Waals surface area contributed by atoms with Gasteiger partial charge in [0.2, 0.25) is 0 Å². The van der Waals surface area contributed by atoms with Crippen molar-refractivity contribution >= 4 is 5.97 Å². The van der Waals surface area contributed by atoms with Crippen LogP contribution in [0.5, 0.6) is 0 Å². The number of carbonyl (C=O) groups is 1. The molecule has 2 saturated heterocycles. The van der Waals surface area contributed by atoms with Crippen LogP contribution in [-0.2, 0) is 19.0 Å². The molecule has 2 rings (SSSR count). The number of rotatable bonds is 3. The number of esters is 1. The molecule has 0 aromatic rings. The van der Waals surface area contributed by atoms with Crippen molar-refractivity contribution in [3.63, 3.8) is 0 Å². The van der Waals surface area contributed by atoms with E-state index in [4.69, 9.17) is 14.2 Å². The van der Waals surface area contributed by atoms with Crippen LogP contribution in [0.1, 0.15) is 32.6 Å². The Morgan fingerprint density at radius 2 is 2.21 bits per heavy atom. The first-order chi connectivity index (χ1) is 9.21. The monoisotopic (exact) mass is 267 g/mol. The zero-order valence-corrected chi connectivity index (χ0v) is 11.4. The minimum Gasteiger partial charge on any atom is -0.465 e. The molecule has 19 heavy (non-hydrogen) atoms. The predicted octanol–water partition coefficient (Wildman–Crippen LogP) is 1.67. The van der Waals surface area contributed by atoms with Gasteiger partial charge in [0.05, 0.1) is 18.3 Å². The zero-order valence-electron chi connectivity index (χ0n) is 11.4. The highest BCUT2D eigenvalue weighted by molar-refractivity contribution is 5.75. The third-order valence-electron chi connectivity index (χ3n) is 4.09. The molecule has 0 aromatic carbocycles. The maximum atomic E-state index is 11.8. The van der Waals surface area contributed by atoms with Gasteiger partial charge in [0.25, 0.3) is 0 Å². The fourth-order valence-corrected chi connectivity index (χ4v) is 3.02. The van der Waals surface area contributed by atoms with E-state index >= 15 is 0 Å². The molecular weight excluding hydrogens is 246 g/mol. The van der Waals surface area contributed by atoms with Crippen LogP contribution in [0.2, 0.25) is 0 Å². The fourth-order valence-electron chi connectivity index (χ4n) is 3.02. The van der Waals surface area contributed by atoms with Gasteiger partial charge in [-0.2, -0.15) is 5.26 Å². The standard InChI is InChI=1S/C14H21NO4/c1-2-18-13(16)12(10-15)11-3-6-19-14(9-11)4-7-17-8-5-14/h11-12H,2-9H2,1H3. The van der Waals surface area contributed by atoms with Gasteiger partial charge in [-0.15, -0.1) is 0 Å². The van der Waals surface area contributed by atoms with Crippen LogP contribution >= 0.6 is 0 Å². The summed E-state index contributed by atoms with van der Waals surface area (Å²) in [5, 5.41) is 9.25. The molecule has 1 spiro atoms. The third-order valence-corrected chi connectivity index (χ3v) is 4.09. The second-order valence-electron chi connectivity index (χ2n) is 5.26. The molecule has 0 saturated carbocycles. The maximum absolute atomic E-state index is 11.8. The summed E-state index contributed by atoms with van der Waals surface area (Å²) in [4.78, 5) is 11.8. The SMILES string of the molecule is CCOC(=O)C(C#N)C1CCOC2(CCOCC2)C1. The van der Waals surface area contributed by atoms with Gasteiger partial charge >= 0.3 is 5.97 Å². The molecule has 2 fully saturated rings. The Kier molecular flexibility index (Phi) is 4.78. The van der Waals surface area contributed by atoms with Crippen LogP contribution < -0.4 is 0 Å². The van der Waals surface area contributed by atoms with Gasteiger partial charge < -0.3 is 14.2 Å². The highest BCUT2D eigenvalue weighted by Gasteiger charge is 2.43. The van der Waals surface area contributed by atoms with E-state index in [2.05, 4.69) is 6.07 Å². The van der Waals surface area contributed by atoms with Crippen LogP contribution in [0.15, 0.2) is 0 Å². The summed E-state index contributed by atoms with van der Waals surface area (Å²) in [5.41, 5.74) is -0.192. The summed E-state index contributed by atoms with van der Waals surface area (Å²) < 4.78 is 16.3. The molecule has 2 aliphatic rings. The average molecular weight is 267 g/mol. The zero-order chi connectivity index (χ0) is 13.7. The van der Waals surface area contributed by atoms with Gasteiger partial charge in [0, 0.05) is 19.8 Å². The van der Waals surface area contributed by atoms with Gasteiger partial charge in [-0.25, -0.2) is 0 Å². The van der Waals surface area contributed by atoms with E-state index in [9.17, 15) is 10.1 Å². The van der Waals surface area contributed by atoms with Gasteiger partial charge in [0.15, 0.2) is 0 Å². The van der Waals surface area contributed by atoms with Crippen molar-refractivity contribution in [2.45, 2.75) is 38.2 Å². The van der Waals surface area contributed by atoms with E-state index in [-0.39, 0.29) is 17.5 Å². The molecule has 2 heterocycles. The molecule has 0 N–H and O–H groups in total. The minimum atomic E-state index is -0.663. The lowest BCUT2D eigenvalue weighted by Gasteiger charge is -2.43. The molecule has 2 unspecified atom stereocenters. The first kappa shape index (κ1) is 14.3. The fraction of sp³-hybridized carbons (Fsp3) is 0.857. The molecular formula is C14H21NO4. The number of ether oxygens (including phenoxy) is 3. The topological polar surface area (TPSA) is 68.6 Å². The molecule has 0 aliphatic carbocycles. The Hall–Kier alpha value is -1.12. The molecule has 2 atom stereocenters. The Balaban J connectivity index is 2.03. The Labute approximate surface area is 113 Å². The van der Waals surface area contributed by atoms with Crippen LogP contribution in [-0.4, -0.2) is 38.0 Å². The van der Waals surface area contributed by atoms with E-state index in [0.29, 0.717) is 26.4 Å². The second kappa shape index (κ2) is 6.36. The largest absolute Gasteiger partial charge is 0.465 e. The number of hydrogen-bond donors (Lipinski definition) is 0. The van der Waals surface area contributed by atoms with Gasteiger partial charge in [-0.1, -0.05) is 0 Å². The van der Waals surface area contributed by atoms with Gasteiger partial charge in [0.1, 0.15) is 5.92 Å². The van der Waals surface area contributed by atoms with Crippen molar-refractivity contribution in [3.05, 3.63) is 0 Å². The first-order valence-electron chi connectivity index (χ1n) is 6.99. The summed E-state index contributed by atoms with van der Waals surface area (Å²) in [6, 6.07) is 2.12. The van der Waals surface area contributed by atoms with Crippen LogP contribution in [0.4, 0.5) is 0 Å². The van der Waals surface area contributed by atoms with E-state index in [0.717, 1.165) is 25.7 Å². The van der Waals surface area contributed by atoms with Gasteiger partial charge in [-0.05, 0) is 38.5 Å². The van der Waals surface area contributed by atoms with E-state index in [1.54, 1.807) is 6.92 Å². The molecule has 0 amide bonds. The van der Waals surface area contributed by atoms with Crippen LogP contribution in [0.25, 0.3) is 0 Å². The van der Waals surface area contributed by atoms with E-state index in [1.165, 1.54) is 0 Å². The quantitative estimate of drug-likeness (QED) is 0.727. The Bertz CT molecular complexity index is 351. The Morgan fingerprint density at radius 1 is 1.47 bits per heavy atom. The number of hydrogen-bond acceptors (Lipinski definition) is 5. The minimum absolute atomic E-state index is 0.0379. The number of nitriles is 1. The smallest absolute Gasteiger partial charge is 0.323 e. The highest BCUT2D eigenvalue weighted by atomic mass is 16.5. The number of nitrogens with zero attached hydrogens (tertiary/aromatic N) is 1. The average Bonchev–Trinajstić information content (AvgIpc) is 2.41. The molecule has 0 aromatic heterocycles. The first-order valence-corrected chi connectivity index (χ1v) is 6.99. The summed E-state index contributed by atoms with van der Waals surface area (Å²) in [6.45, 7) is 4.09. The van der Waals surface area contributed by atoms with Crippen LogP contribution in [0.3, 0.4) is 0 Å². The lowest BCUT2D eigenvalue weighted by atomic mass is 9.76. The third kappa shape index (κ3) is 3.26. The van der Waals surface area contributed by atoms with Gasteiger partial charge in [-0.3, -0.25) is 4.79 Å². The molecule has 5 heteroatoms. The molecule has 0 radical (unpaired) electrons. The highest BCUT2D eigenvalue weighted by Crippen LogP contribution is 2.39. The summed E-state index contributed by atoms with van der Waals surface area (Å²) >= 11 is 0. The maximum Gasteiger partial charge on any atom is 0.323 e. The van der Waals surface area contributed by atoms with E-state index < -0.39 is 5.92 Å². The summed E-state index contributed by atoms with van der Waals surface area (Å²) in [5.74, 6) is -1.02. The summed E-state index contributed by atoms with van der Waals surface area (Å²) in [6.07, 6.45) is 3.21. The molecule has 2 aliphatic heterocycles. The molecule has 5 nitrogen and oxygen atoms in total. The van der Waals surface area contributed by atoms with Crippen molar-refractivity contribution in [3.8, 4) is 6.07 Å². The van der Waals surface area contributed by atoms with Crippen molar-refractivity contribution in [2.75, 3.05) is 26.4 Å².